The van der Waals surface area contributed by atoms with Gasteiger partial charge in [-0.25, -0.2) is 4.79 Å². The van der Waals surface area contributed by atoms with Gasteiger partial charge in [-0.05, 0) is 27.8 Å². The predicted molar refractivity (Wildman–Crippen MR) is 57.3 cm³/mol. The van der Waals surface area contributed by atoms with E-state index in [4.69, 9.17) is 4.74 Å². The number of alkyl carbamates (subject to hydrolysis) is 1. The van der Waals surface area contributed by atoms with Crippen LogP contribution in [0.2, 0.25) is 0 Å². The molecule has 0 heterocycles. The third kappa shape index (κ3) is 9.06. The number of likely N-dealkylation sites (N-methyl/N-ethyl adjacent to an activating group) is 1. The number of hydrogen-bond acceptors (Lipinski definition) is 3. The van der Waals surface area contributed by atoms with Gasteiger partial charge in [-0.1, -0.05) is 12.2 Å². The lowest BCUT2D eigenvalue weighted by Gasteiger charge is -2.19. The lowest BCUT2D eigenvalue weighted by atomic mass is 10.2. The Morgan fingerprint density at radius 1 is 1.29 bits per heavy atom. The van der Waals surface area contributed by atoms with Gasteiger partial charge in [0, 0.05) is 13.1 Å². The van der Waals surface area contributed by atoms with Gasteiger partial charge >= 0.3 is 6.09 Å². The number of amides is 1. The van der Waals surface area contributed by atoms with Crippen LogP contribution in [0.25, 0.3) is 0 Å². The molecular weight excluding hydrogens is 180 g/mol. The smallest absolute Gasteiger partial charge is 0.407 e. The van der Waals surface area contributed by atoms with E-state index in [2.05, 4.69) is 10.6 Å². The van der Waals surface area contributed by atoms with E-state index in [0.717, 1.165) is 6.54 Å². The molecule has 0 aliphatic heterocycles. The number of nitrogens with one attached hydrogen (secondary N) is 2. The molecular formula is C10H20N2O2. The fraction of sp³-hybridized carbons (Fsp3) is 0.700. The standard InChI is InChI=1S/C10H20N2O2/c1-10(2,3)14-9(13)12-8-6-5-7-11-4/h5-6,11H,7-8H2,1-4H3,(H,12,13)/b6-5+. The molecule has 0 unspecified atom stereocenters. The first-order valence-corrected chi connectivity index (χ1v) is 4.72. The summed E-state index contributed by atoms with van der Waals surface area (Å²) in [5.41, 5.74) is -0.432. The van der Waals surface area contributed by atoms with Crippen molar-refractivity contribution < 1.29 is 9.53 Å². The van der Waals surface area contributed by atoms with E-state index in [1.165, 1.54) is 0 Å². The molecule has 0 spiro atoms. The van der Waals surface area contributed by atoms with E-state index in [1.807, 2.05) is 40.0 Å². The highest BCUT2D eigenvalue weighted by atomic mass is 16.6. The highest BCUT2D eigenvalue weighted by molar-refractivity contribution is 5.67. The summed E-state index contributed by atoms with van der Waals surface area (Å²) >= 11 is 0. The van der Waals surface area contributed by atoms with Crippen LogP contribution >= 0.6 is 0 Å². The van der Waals surface area contributed by atoms with Crippen LogP contribution < -0.4 is 10.6 Å². The van der Waals surface area contributed by atoms with Gasteiger partial charge in [-0.2, -0.15) is 0 Å². The van der Waals surface area contributed by atoms with Crippen LogP contribution in [-0.4, -0.2) is 31.8 Å². The minimum Gasteiger partial charge on any atom is -0.444 e. The molecule has 4 heteroatoms. The number of carbonyl (C=O) groups is 1. The van der Waals surface area contributed by atoms with Crippen molar-refractivity contribution in [2.45, 2.75) is 26.4 Å². The Bertz CT molecular complexity index is 195. The van der Waals surface area contributed by atoms with E-state index < -0.39 is 5.60 Å². The maximum Gasteiger partial charge on any atom is 0.407 e. The Kier molecular flexibility index (Phi) is 5.95. The average Bonchev–Trinajstić information content (AvgIpc) is 2.00. The third-order valence-corrected chi connectivity index (χ3v) is 1.25. The first kappa shape index (κ1) is 13.0. The first-order valence-electron chi connectivity index (χ1n) is 4.72. The summed E-state index contributed by atoms with van der Waals surface area (Å²) in [4.78, 5) is 11.1. The van der Waals surface area contributed by atoms with E-state index >= 15 is 0 Å². The third-order valence-electron chi connectivity index (χ3n) is 1.25. The number of rotatable bonds is 4. The minimum atomic E-state index is -0.432. The van der Waals surface area contributed by atoms with Gasteiger partial charge in [0.25, 0.3) is 0 Å². The second kappa shape index (κ2) is 6.43. The molecule has 2 N–H and O–H groups in total. The van der Waals surface area contributed by atoms with Gasteiger partial charge in [0.05, 0.1) is 0 Å². The molecule has 0 rings (SSSR count). The van der Waals surface area contributed by atoms with Gasteiger partial charge in [-0.3, -0.25) is 0 Å². The van der Waals surface area contributed by atoms with Crippen molar-refractivity contribution in [3.8, 4) is 0 Å². The SMILES string of the molecule is CNC/C=C/CNC(=O)OC(C)(C)C. The molecule has 82 valence electrons. The Hall–Kier alpha value is -1.03. The van der Waals surface area contributed by atoms with E-state index in [0.29, 0.717) is 6.54 Å². The Morgan fingerprint density at radius 2 is 1.86 bits per heavy atom. The maximum atomic E-state index is 11.1. The van der Waals surface area contributed by atoms with Gasteiger partial charge in [0.1, 0.15) is 5.60 Å². The van der Waals surface area contributed by atoms with Crippen molar-refractivity contribution >= 4 is 6.09 Å². The molecule has 0 atom stereocenters. The van der Waals surface area contributed by atoms with Crippen LogP contribution in [-0.2, 0) is 4.74 Å². The molecule has 0 bridgehead atoms. The Labute approximate surface area is 85.7 Å². The summed E-state index contributed by atoms with van der Waals surface area (Å²) in [6.07, 6.45) is 3.43. The summed E-state index contributed by atoms with van der Waals surface area (Å²) in [6.45, 7) is 6.81. The zero-order chi connectivity index (χ0) is 11.0. The van der Waals surface area contributed by atoms with Crippen molar-refractivity contribution in [3.63, 3.8) is 0 Å². The highest BCUT2D eigenvalue weighted by Gasteiger charge is 2.14. The van der Waals surface area contributed by atoms with Crippen LogP contribution in [0, 0.1) is 0 Å². The van der Waals surface area contributed by atoms with Gasteiger partial charge < -0.3 is 15.4 Å². The predicted octanol–water partition coefficient (Wildman–Crippen LogP) is 1.29. The molecule has 0 aromatic rings. The van der Waals surface area contributed by atoms with Crippen LogP contribution in [0.5, 0.6) is 0 Å². The lowest BCUT2D eigenvalue weighted by Crippen LogP contribution is -2.32. The minimum absolute atomic E-state index is 0.383. The normalized spacial score (nSPS) is 11.7. The fourth-order valence-electron chi connectivity index (χ4n) is 0.741. The fourth-order valence-corrected chi connectivity index (χ4v) is 0.741. The number of carbonyl (C=O) groups excluding carboxylic acids is 1. The number of hydrogen-bond donors (Lipinski definition) is 2. The highest BCUT2D eigenvalue weighted by Crippen LogP contribution is 2.05. The van der Waals surface area contributed by atoms with Crippen LogP contribution in [0.1, 0.15) is 20.8 Å². The zero-order valence-corrected chi connectivity index (χ0v) is 9.39. The molecule has 0 saturated heterocycles. The molecule has 1 amide bonds. The topological polar surface area (TPSA) is 50.4 Å². The largest absolute Gasteiger partial charge is 0.444 e. The average molecular weight is 200 g/mol. The first-order chi connectivity index (χ1) is 6.45. The van der Waals surface area contributed by atoms with E-state index in [1.54, 1.807) is 0 Å². The zero-order valence-electron chi connectivity index (χ0n) is 9.39. The Morgan fingerprint density at radius 3 is 2.36 bits per heavy atom. The molecule has 0 aromatic heterocycles. The Balaban J connectivity index is 3.55. The summed E-state index contributed by atoms with van der Waals surface area (Å²) in [5.74, 6) is 0. The summed E-state index contributed by atoms with van der Waals surface area (Å²) in [6, 6.07) is 0. The molecule has 0 aromatic carbocycles. The van der Waals surface area contributed by atoms with Crippen molar-refractivity contribution in [1.82, 2.24) is 10.6 Å². The summed E-state index contributed by atoms with van der Waals surface area (Å²) in [5, 5.41) is 5.59. The molecule has 0 saturated carbocycles. The summed E-state index contributed by atoms with van der Waals surface area (Å²) < 4.78 is 5.04. The summed E-state index contributed by atoms with van der Waals surface area (Å²) in [7, 11) is 1.87. The van der Waals surface area contributed by atoms with Gasteiger partial charge in [0.2, 0.25) is 0 Å². The van der Waals surface area contributed by atoms with Crippen LogP contribution in [0.3, 0.4) is 0 Å². The van der Waals surface area contributed by atoms with Crippen molar-refractivity contribution in [2.75, 3.05) is 20.1 Å². The molecule has 4 nitrogen and oxygen atoms in total. The number of ether oxygens (including phenoxy) is 1. The van der Waals surface area contributed by atoms with E-state index in [-0.39, 0.29) is 6.09 Å². The molecule has 14 heavy (non-hydrogen) atoms. The second-order valence-corrected chi connectivity index (χ2v) is 3.91. The molecule has 0 radical (unpaired) electrons. The molecule has 0 fully saturated rings. The monoisotopic (exact) mass is 200 g/mol. The quantitative estimate of drug-likeness (QED) is 0.672. The van der Waals surface area contributed by atoms with Crippen molar-refractivity contribution in [3.05, 3.63) is 12.2 Å². The molecule has 0 aliphatic rings. The maximum absolute atomic E-state index is 11.1. The second-order valence-electron chi connectivity index (χ2n) is 3.91. The van der Waals surface area contributed by atoms with Crippen LogP contribution in [0.4, 0.5) is 4.79 Å². The van der Waals surface area contributed by atoms with Gasteiger partial charge in [0.15, 0.2) is 0 Å². The van der Waals surface area contributed by atoms with Crippen molar-refractivity contribution in [2.24, 2.45) is 0 Å². The van der Waals surface area contributed by atoms with Crippen LogP contribution in [0.15, 0.2) is 12.2 Å². The lowest BCUT2D eigenvalue weighted by molar-refractivity contribution is 0.0534. The van der Waals surface area contributed by atoms with E-state index in [9.17, 15) is 4.79 Å². The van der Waals surface area contributed by atoms with Gasteiger partial charge in [-0.15, -0.1) is 0 Å². The molecule has 0 aliphatic carbocycles. The van der Waals surface area contributed by atoms with Crippen molar-refractivity contribution in [1.29, 1.82) is 0 Å².